The van der Waals surface area contributed by atoms with Crippen LogP contribution in [0.25, 0.3) is 0 Å². The second kappa shape index (κ2) is 5.64. The van der Waals surface area contributed by atoms with Crippen LogP contribution < -0.4 is 10.6 Å². The molecule has 2 N–H and O–H groups in total. The largest absolute Gasteiger partial charge is 0.338 e. The van der Waals surface area contributed by atoms with Gasteiger partial charge in [-0.2, -0.15) is 0 Å². The average molecular weight is 331 g/mol. The van der Waals surface area contributed by atoms with Crippen molar-refractivity contribution in [3.63, 3.8) is 0 Å². The lowest BCUT2D eigenvalue weighted by molar-refractivity contribution is -0.0498. The summed E-state index contributed by atoms with van der Waals surface area (Å²) in [5, 5.41) is 6.58. The second-order valence-electron chi connectivity index (χ2n) is 10.4. The SMILES string of the molecule is CC(NC(=O)NCC12CC3CC(CC(C3)C1)C2)C1CC2CCC1C2. The van der Waals surface area contributed by atoms with Gasteiger partial charge in [0.15, 0.2) is 0 Å². The van der Waals surface area contributed by atoms with Crippen LogP contribution in [0, 0.1) is 40.9 Å². The van der Waals surface area contributed by atoms with E-state index in [1.165, 1.54) is 64.2 Å². The Morgan fingerprint density at radius 1 is 0.958 bits per heavy atom. The van der Waals surface area contributed by atoms with Gasteiger partial charge < -0.3 is 10.6 Å². The summed E-state index contributed by atoms with van der Waals surface area (Å²) >= 11 is 0. The highest BCUT2D eigenvalue weighted by Gasteiger charge is 2.50. The quantitative estimate of drug-likeness (QED) is 0.791. The number of nitrogens with one attached hydrogen (secondary N) is 2. The Hall–Kier alpha value is -0.730. The summed E-state index contributed by atoms with van der Waals surface area (Å²) in [5.41, 5.74) is 0.446. The maximum Gasteiger partial charge on any atom is 0.315 e. The molecule has 4 atom stereocenters. The second-order valence-corrected chi connectivity index (χ2v) is 10.4. The molecule has 6 rings (SSSR count). The molecule has 0 aromatic rings. The van der Waals surface area contributed by atoms with Crippen LogP contribution in [0.2, 0.25) is 0 Å². The fourth-order valence-electron chi connectivity index (χ4n) is 8.05. The van der Waals surface area contributed by atoms with Crippen LogP contribution in [0.3, 0.4) is 0 Å². The van der Waals surface area contributed by atoms with Gasteiger partial charge in [0.2, 0.25) is 0 Å². The highest BCUT2D eigenvalue weighted by molar-refractivity contribution is 5.74. The molecule has 0 spiro atoms. The Balaban J connectivity index is 1.14. The zero-order chi connectivity index (χ0) is 16.3. The third-order valence-electron chi connectivity index (χ3n) is 8.58. The van der Waals surface area contributed by atoms with E-state index in [-0.39, 0.29) is 6.03 Å². The maximum absolute atomic E-state index is 12.5. The highest BCUT2D eigenvalue weighted by atomic mass is 16.2. The number of hydrogen-bond acceptors (Lipinski definition) is 1. The van der Waals surface area contributed by atoms with Gasteiger partial charge in [-0.25, -0.2) is 4.79 Å². The monoisotopic (exact) mass is 330 g/mol. The van der Waals surface area contributed by atoms with Crippen LogP contribution >= 0.6 is 0 Å². The maximum atomic E-state index is 12.5. The molecule has 0 aromatic heterocycles. The van der Waals surface area contributed by atoms with Gasteiger partial charge in [0, 0.05) is 12.6 Å². The third kappa shape index (κ3) is 2.66. The molecule has 0 heterocycles. The number of carbonyl (C=O) groups is 1. The van der Waals surface area contributed by atoms with Crippen molar-refractivity contribution in [2.75, 3.05) is 6.54 Å². The summed E-state index contributed by atoms with van der Waals surface area (Å²) in [7, 11) is 0. The van der Waals surface area contributed by atoms with Gasteiger partial charge in [-0.1, -0.05) is 6.42 Å². The Labute approximate surface area is 146 Å². The molecule has 0 saturated heterocycles. The van der Waals surface area contributed by atoms with E-state index >= 15 is 0 Å². The van der Waals surface area contributed by atoms with Gasteiger partial charge in [0.25, 0.3) is 0 Å². The van der Waals surface area contributed by atoms with E-state index in [1.807, 2.05) is 0 Å². The number of amides is 2. The van der Waals surface area contributed by atoms with Crippen LogP contribution in [-0.4, -0.2) is 18.6 Å². The van der Waals surface area contributed by atoms with Crippen molar-refractivity contribution in [1.29, 1.82) is 0 Å². The molecular formula is C21H34N2O. The zero-order valence-corrected chi connectivity index (χ0v) is 15.2. The molecular weight excluding hydrogens is 296 g/mol. The van der Waals surface area contributed by atoms with Crippen LogP contribution in [0.15, 0.2) is 0 Å². The van der Waals surface area contributed by atoms with Crippen molar-refractivity contribution < 1.29 is 4.79 Å². The normalized spacial score (nSPS) is 49.4. The number of rotatable bonds is 4. The topological polar surface area (TPSA) is 41.1 Å². The van der Waals surface area contributed by atoms with Crippen molar-refractivity contribution in [2.45, 2.75) is 77.2 Å². The molecule has 0 radical (unpaired) electrons. The van der Waals surface area contributed by atoms with Crippen molar-refractivity contribution in [3.05, 3.63) is 0 Å². The summed E-state index contributed by atoms with van der Waals surface area (Å²) in [4.78, 5) is 12.5. The molecule has 134 valence electrons. The Morgan fingerprint density at radius 3 is 2.17 bits per heavy atom. The van der Waals surface area contributed by atoms with Gasteiger partial charge in [-0.15, -0.1) is 0 Å². The smallest absolute Gasteiger partial charge is 0.315 e. The van der Waals surface area contributed by atoms with E-state index in [4.69, 9.17) is 0 Å². The van der Waals surface area contributed by atoms with Gasteiger partial charge in [-0.3, -0.25) is 0 Å². The minimum Gasteiger partial charge on any atom is -0.338 e. The summed E-state index contributed by atoms with van der Waals surface area (Å²) in [6.07, 6.45) is 14.2. The first-order valence-electron chi connectivity index (χ1n) is 10.6. The molecule has 2 amide bonds. The highest BCUT2D eigenvalue weighted by Crippen LogP contribution is 2.59. The van der Waals surface area contributed by atoms with Gasteiger partial charge >= 0.3 is 6.03 Å². The number of fused-ring (bicyclic) bond motifs is 2. The minimum atomic E-state index is 0.0982. The molecule has 0 aliphatic heterocycles. The van der Waals surface area contributed by atoms with E-state index in [2.05, 4.69) is 17.6 Å². The van der Waals surface area contributed by atoms with Crippen LogP contribution in [-0.2, 0) is 0 Å². The third-order valence-corrected chi connectivity index (χ3v) is 8.58. The van der Waals surface area contributed by atoms with Crippen LogP contribution in [0.4, 0.5) is 4.79 Å². The number of hydrogen-bond donors (Lipinski definition) is 2. The molecule has 3 nitrogen and oxygen atoms in total. The first-order valence-corrected chi connectivity index (χ1v) is 10.6. The molecule has 6 saturated carbocycles. The standard InChI is InChI=1S/C21H34N2O/c1-13(19-8-14-2-3-18(19)7-14)23-20(24)22-12-21-9-15-4-16(10-21)6-17(5-15)11-21/h13-19H,2-12H2,1H3,(H2,22,23,24). The van der Waals surface area contributed by atoms with Gasteiger partial charge in [0.1, 0.15) is 0 Å². The van der Waals surface area contributed by atoms with Crippen molar-refractivity contribution in [2.24, 2.45) is 40.9 Å². The predicted molar refractivity (Wildman–Crippen MR) is 95.5 cm³/mol. The molecule has 4 unspecified atom stereocenters. The first-order chi connectivity index (χ1) is 11.6. The number of carbonyl (C=O) groups excluding carboxylic acids is 1. The molecule has 6 bridgehead atoms. The van der Waals surface area contributed by atoms with E-state index in [0.29, 0.717) is 11.5 Å². The van der Waals surface area contributed by atoms with E-state index < -0.39 is 0 Å². The lowest BCUT2D eigenvalue weighted by atomic mass is 9.49. The van der Waals surface area contributed by atoms with Crippen LogP contribution in [0.5, 0.6) is 0 Å². The minimum absolute atomic E-state index is 0.0982. The predicted octanol–water partition coefficient (Wildman–Crippen LogP) is 4.33. The fourth-order valence-corrected chi connectivity index (χ4v) is 8.05. The Morgan fingerprint density at radius 2 is 1.62 bits per heavy atom. The Bertz CT molecular complexity index is 481. The lowest BCUT2D eigenvalue weighted by Gasteiger charge is -2.56. The summed E-state index contributed by atoms with van der Waals surface area (Å²) in [6.45, 7) is 3.15. The molecule has 6 fully saturated rings. The summed E-state index contributed by atoms with van der Waals surface area (Å²) < 4.78 is 0. The lowest BCUT2D eigenvalue weighted by Crippen LogP contribution is -2.53. The average Bonchev–Trinajstić information content (AvgIpc) is 3.15. The van der Waals surface area contributed by atoms with Crippen molar-refractivity contribution in [1.82, 2.24) is 10.6 Å². The number of urea groups is 1. The first kappa shape index (κ1) is 15.5. The van der Waals surface area contributed by atoms with Crippen molar-refractivity contribution >= 4 is 6.03 Å². The zero-order valence-electron chi connectivity index (χ0n) is 15.2. The summed E-state index contributed by atoms with van der Waals surface area (Å²) in [5.74, 6) is 5.47. The van der Waals surface area contributed by atoms with E-state index in [1.54, 1.807) is 0 Å². The van der Waals surface area contributed by atoms with Gasteiger partial charge in [-0.05, 0) is 106 Å². The van der Waals surface area contributed by atoms with E-state index in [9.17, 15) is 4.79 Å². The van der Waals surface area contributed by atoms with Crippen molar-refractivity contribution in [3.8, 4) is 0 Å². The summed E-state index contributed by atoms with van der Waals surface area (Å²) in [6, 6.07) is 0.442. The molecule has 0 aromatic carbocycles. The Kier molecular flexibility index (Phi) is 3.65. The van der Waals surface area contributed by atoms with E-state index in [0.717, 1.165) is 42.1 Å². The molecule has 6 aliphatic rings. The fraction of sp³-hybridized carbons (Fsp3) is 0.952. The molecule has 6 aliphatic carbocycles. The van der Waals surface area contributed by atoms with Gasteiger partial charge in [0.05, 0.1) is 0 Å². The van der Waals surface area contributed by atoms with Crippen LogP contribution in [0.1, 0.15) is 71.1 Å². The molecule has 24 heavy (non-hydrogen) atoms. The molecule has 3 heteroatoms.